The van der Waals surface area contributed by atoms with Crippen LogP contribution in [-0.4, -0.2) is 10.1 Å². The first-order chi connectivity index (χ1) is 8.79. The molecule has 0 saturated heterocycles. The number of aromatic nitrogens is 2. The number of aryl methyl sites for hydroxylation is 1. The zero-order valence-electron chi connectivity index (χ0n) is 10.5. The van der Waals surface area contributed by atoms with Crippen molar-refractivity contribution in [3.63, 3.8) is 0 Å². The molecule has 2 atom stereocenters. The summed E-state index contributed by atoms with van der Waals surface area (Å²) >= 11 is 0. The maximum absolute atomic E-state index is 5.90. The van der Waals surface area contributed by atoms with Crippen molar-refractivity contribution < 1.29 is 4.52 Å². The smallest absolute Gasteiger partial charge is 0.243 e. The molecule has 0 fully saturated rings. The van der Waals surface area contributed by atoms with Crippen molar-refractivity contribution in [3.05, 3.63) is 47.1 Å². The fraction of sp³-hybridized carbons (Fsp3) is 0.429. The van der Waals surface area contributed by atoms with E-state index < -0.39 is 0 Å². The topological polar surface area (TPSA) is 64.9 Å². The van der Waals surface area contributed by atoms with Gasteiger partial charge in [0.05, 0.1) is 6.04 Å². The summed E-state index contributed by atoms with van der Waals surface area (Å²) in [6.07, 6.45) is 2.95. The maximum atomic E-state index is 5.90. The predicted octanol–water partition coefficient (Wildman–Crippen LogP) is 2.56. The Balaban J connectivity index is 1.91. The van der Waals surface area contributed by atoms with Crippen LogP contribution in [0.2, 0.25) is 0 Å². The summed E-state index contributed by atoms with van der Waals surface area (Å²) < 4.78 is 5.26. The molecular formula is C14H17N3O. The molecule has 1 aliphatic carbocycles. The number of hydrogen-bond acceptors (Lipinski definition) is 4. The third kappa shape index (κ3) is 1.82. The van der Waals surface area contributed by atoms with Crippen molar-refractivity contribution in [1.82, 2.24) is 10.1 Å². The highest BCUT2D eigenvalue weighted by molar-refractivity contribution is 5.38. The lowest BCUT2D eigenvalue weighted by atomic mass is 10.0. The third-order valence-electron chi connectivity index (χ3n) is 3.66. The van der Waals surface area contributed by atoms with E-state index in [4.69, 9.17) is 10.3 Å². The SMILES string of the molecule is CC[C@H](N)c1nc(C2CCc3ccccc32)no1. The first kappa shape index (κ1) is 11.4. The highest BCUT2D eigenvalue weighted by Crippen LogP contribution is 2.36. The van der Waals surface area contributed by atoms with Crippen LogP contribution in [0.3, 0.4) is 0 Å². The molecular weight excluding hydrogens is 226 g/mol. The Hall–Kier alpha value is -1.68. The summed E-state index contributed by atoms with van der Waals surface area (Å²) in [6.45, 7) is 2.01. The molecule has 1 aromatic carbocycles. The van der Waals surface area contributed by atoms with Crippen LogP contribution in [0.1, 0.15) is 54.6 Å². The van der Waals surface area contributed by atoms with Crippen LogP contribution < -0.4 is 5.73 Å². The van der Waals surface area contributed by atoms with Crippen LogP contribution in [0.5, 0.6) is 0 Å². The van der Waals surface area contributed by atoms with Gasteiger partial charge < -0.3 is 10.3 Å². The van der Waals surface area contributed by atoms with Crippen molar-refractivity contribution in [2.75, 3.05) is 0 Å². The molecule has 1 heterocycles. The molecule has 0 radical (unpaired) electrons. The van der Waals surface area contributed by atoms with Gasteiger partial charge in [-0.1, -0.05) is 36.3 Å². The van der Waals surface area contributed by atoms with E-state index in [-0.39, 0.29) is 12.0 Å². The third-order valence-corrected chi connectivity index (χ3v) is 3.66. The lowest BCUT2D eigenvalue weighted by Gasteiger charge is -2.05. The fourth-order valence-corrected chi connectivity index (χ4v) is 2.54. The van der Waals surface area contributed by atoms with Crippen LogP contribution >= 0.6 is 0 Å². The molecule has 0 saturated carbocycles. The number of rotatable bonds is 3. The number of nitrogens with zero attached hydrogens (tertiary/aromatic N) is 2. The minimum absolute atomic E-state index is 0.150. The highest BCUT2D eigenvalue weighted by atomic mass is 16.5. The van der Waals surface area contributed by atoms with Gasteiger partial charge >= 0.3 is 0 Å². The summed E-state index contributed by atoms with van der Waals surface area (Å²) in [5.41, 5.74) is 8.63. The fourth-order valence-electron chi connectivity index (χ4n) is 2.54. The Morgan fingerprint density at radius 2 is 2.28 bits per heavy atom. The van der Waals surface area contributed by atoms with Crippen molar-refractivity contribution in [3.8, 4) is 0 Å². The summed E-state index contributed by atoms with van der Waals surface area (Å²) in [6, 6.07) is 8.32. The maximum Gasteiger partial charge on any atom is 0.243 e. The molecule has 4 nitrogen and oxygen atoms in total. The molecule has 18 heavy (non-hydrogen) atoms. The Bertz CT molecular complexity index is 549. The first-order valence-electron chi connectivity index (χ1n) is 6.46. The zero-order valence-corrected chi connectivity index (χ0v) is 10.5. The van der Waals surface area contributed by atoms with Crippen molar-refractivity contribution in [1.29, 1.82) is 0 Å². The largest absolute Gasteiger partial charge is 0.338 e. The van der Waals surface area contributed by atoms with Gasteiger partial charge in [0, 0.05) is 5.92 Å². The second kappa shape index (κ2) is 4.53. The minimum Gasteiger partial charge on any atom is -0.338 e. The van der Waals surface area contributed by atoms with E-state index in [9.17, 15) is 0 Å². The highest BCUT2D eigenvalue weighted by Gasteiger charge is 2.28. The molecule has 1 unspecified atom stereocenters. The molecule has 0 amide bonds. The van der Waals surface area contributed by atoms with Crippen LogP contribution in [0, 0.1) is 0 Å². The normalized spacial score (nSPS) is 19.8. The molecule has 0 bridgehead atoms. The van der Waals surface area contributed by atoms with Crippen molar-refractivity contribution >= 4 is 0 Å². The monoisotopic (exact) mass is 243 g/mol. The Morgan fingerprint density at radius 1 is 1.44 bits per heavy atom. The molecule has 3 rings (SSSR count). The van der Waals surface area contributed by atoms with Crippen molar-refractivity contribution in [2.45, 2.75) is 38.1 Å². The average Bonchev–Trinajstić information content (AvgIpc) is 3.03. The molecule has 4 heteroatoms. The number of hydrogen-bond donors (Lipinski definition) is 1. The van der Waals surface area contributed by atoms with E-state index in [1.165, 1.54) is 11.1 Å². The Labute approximate surface area is 106 Å². The first-order valence-corrected chi connectivity index (χ1v) is 6.46. The predicted molar refractivity (Wildman–Crippen MR) is 68.1 cm³/mol. The molecule has 1 aromatic heterocycles. The van der Waals surface area contributed by atoms with E-state index in [0.717, 1.165) is 25.1 Å². The van der Waals surface area contributed by atoms with Gasteiger partial charge in [-0.25, -0.2) is 0 Å². The number of nitrogens with two attached hydrogens (primary N) is 1. The number of benzene rings is 1. The molecule has 94 valence electrons. The van der Waals surface area contributed by atoms with E-state index in [0.29, 0.717) is 5.89 Å². The zero-order chi connectivity index (χ0) is 12.5. The lowest BCUT2D eigenvalue weighted by Crippen LogP contribution is -2.09. The van der Waals surface area contributed by atoms with Gasteiger partial charge in [-0.2, -0.15) is 4.98 Å². The van der Waals surface area contributed by atoms with Crippen LogP contribution in [0.25, 0.3) is 0 Å². The lowest BCUT2D eigenvalue weighted by molar-refractivity contribution is 0.347. The molecule has 2 N–H and O–H groups in total. The summed E-state index contributed by atoms with van der Waals surface area (Å²) in [7, 11) is 0. The standard InChI is InChI=1S/C14H17N3O/c1-2-12(15)14-16-13(17-18-14)11-8-7-9-5-3-4-6-10(9)11/h3-6,11-12H,2,7-8,15H2,1H3/t11?,12-/m0/s1. The number of fused-ring (bicyclic) bond motifs is 1. The van der Waals surface area contributed by atoms with E-state index in [1.807, 2.05) is 6.92 Å². The minimum atomic E-state index is -0.150. The van der Waals surface area contributed by atoms with Crippen molar-refractivity contribution in [2.24, 2.45) is 5.73 Å². The van der Waals surface area contributed by atoms with Gasteiger partial charge in [-0.05, 0) is 30.4 Å². The quantitative estimate of drug-likeness (QED) is 0.899. The van der Waals surface area contributed by atoms with Gasteiger partial charge in [0.1, 0.15) is 0 Å². The van der Waals surface area contributed by atoms with Gasteiger partial charge in [0.2, 0.25) is 5.89 Å². The van der Waals surface area contributed by atoms with Crippen LogP contribution in [0.15, 0.2) is 28.8 Å². The van der Waals surface area contributed by atoms with Crippen LogP contribution in [0.4, 0.5) is 0 Å². The summed E-state index contributed by atoms with van der Waals surface area (Å²) in [4.78, 5) is 4.46. The Morgan fingerprint density at radius 3 is 3.11 bits per heavy atom. The molecule has 0 aliphatic heterocycles. The van der Waals surface area contributed by atoms with Gasteiger partial charge in [-0.3, -0.25) is 0 Å². The average molecular weight is 243 g/mol. The van der Waals surface area contributed by atoms with E-state index >= 15 is 0 Å². The second-order valence-electron chi connectivity index (χ2n) is 4.80. The molecule has 0 spiro atoms. The van der Waals surface area contributed by atoms with Gasteiger partial charge in [-0.15, -0.1) is 0 Å². The second-order valence-corrected chi connectivity index (χ2v) is 4.80. The van der Waals surface area contributed by atoms with E-state index in [1.54, 1.807) is 0 Å². The molecule has 1 aliphatic rings. The Kier molecular flexibility index (Phi) is 2.88. The van der Waals surface area contributed by atoms with E-state index in [2.05, 4.69) is 34.4 Å². The van der Waals surface area contributed by atoms with Gasteiger partial charge in [0.15, 0.2) is 5.82 Å². The van der Waals surface area contributed by atoms with Crippen LogP contribution in [-0.2, 0) is 6.42 Å². The molecule has 2 aromatic rings. The van der Waals surface area contributed by atoms with Gasteiger partial charge in [0.25, 0.3) is 0 Å². The summed E-state index contributed by atoms with van der Waals surface area (Å²) in [5.74, 6) is 1.60. The summed E-state index contributed by atoms with van der Waals surface area (Å²) in [5, 5.41) is 4.10.